The number of likely N-dealkylation sites (tertiary alicyclic amines) is 2. The summed E-state index contributed by atoms with van der Waals surface area (Å²) in [5, 5.41) is 0. The summed E-state index contributed by atoms with van der Waals surface area (Å²) in [4.78, 5) is 39.1. The SMILES string of the molecule is CC1CCC2C(CCCN2C(=O)CCN2C(=O)CCC2=O)C1. The van der Waals surface area contributed by atoms with E-state index in [1.54, 1.807) is 0 Å². The molecule has 122 valence electrons. The lowest BCUT2D eigenvalue weighted by atomic mass is 9.74. The number of amides is 3. The molecule has 22 heavy (non-hydrogen) atoms. The summed E-state index contributed by atoms with van der Waals surface area (Å²) < 4.78 is 0. The molecular weight excluding hydrogens is 280 g/mol. The van der Waals surface area contributed by atoms with Crippen LogP contribution in [0.15, 0.2) is 0 Å². The van der Waals surface area contributed by atoms with Crippen LogP contribution in [0.4, 0.5) is 0 Å². The summed E-state index contributed by atoms with van der Waals surface area (Å²) in [6, 6.07) is 0.391. The summed E-state index contributed by atoms with van der Waals surface area (Å²) in [5.74, 6) is 1.30. The zero-order chi connectivity index (χ0) is 15.7. The Morgan fingerprint density at radius 3 is 2.59 bits per heavy atom. The topological polar surface area (TPSA) is 57.7 Å². The van der Waals surface area contributed by atoms with Crippen molar-refractivity contribution in [2.75, 3.05) is 13.1 Å². The van der Waals surface area contributed by atoms with Crippen LogP contribution in [0.3, 0.4) is 0 Å². The predicted octanol–water partition coefficient (Wildman–Crippen LogP) is 1.95. The van der Waals surface area contributed by atoms with Gasteiger partial charge in [-0.3, -0.25) is 19.3 Å². The number of imide groups is 1. The molecule has 3 atom stereocenters. The number of carbonyl (C=O) groups is 3. The van der Waals surface area contributed by atoms with Gasteiger partial charge in [0.05, 0.1) is 0 Å². The Bertz CT molecular complexity index is 461. The Hall–Kier alpha value is -1.39. The average Bonchev–Trinajstić information content (AvgIpc) is 2.82. The number of carbonyl (C=O) groups excluding carboxylic acids is 3. The van der Waals surface area contributed by atoms with E-state index in [9.17, 15) is 14.4 Å². The molecule has 2 heterocycles. The van der Waals surface area contributed by atoms with Crippen LogP contribution >= 0.6 is 0 Å². The van der Waals surface area contributed by atoms with E-state index >= 15 is 0 Å². The zero-order valence-electron chi connectivity index (χ0n) is 13.4. The molecule has 3 unspecified atom stereocenters. The monoisotopic (exact) mass is 306 g/mol. The normalized spacial score (nSPS) is 32.3. The fourth-order valence-corrected chi connectivity index (χ4v) is 4.43. The van der Waals surface area contributed by atoms with Crippen molar-refractivity contribution < 1.29 is 14.4 Å². The van der Waals surface area contributed by atoms with Crippen molar-refractivity contribution in [1.29, 1.82) is 0 Å². The van der Waals surface area contributed by atoms with Gasteiger partial charge in [-0.1, -0.05) is 6.92 Å². The maximum Gasteiger partial charge on any atom is 0.229 e. The van der Waals surface area contributed by atoms with Gasteiger partial charge in [0.1, 0.15) is 0 Å². The molecular formula is C17H26N2O3. The fourth-order valence-electron chi connectivity index (χ4n) is 4.43. The molecule has 5 heteroatoms. The van der Waals surface area contributed by atoms with Gasteiger partial charge in [0, 0.05) is 38.4 Å². The quantitative estimate of drug-likeness (QED) is 0.749. The van der Waals surface area contributed by atoms with Crippen LogP contribution in [0.2, 0.25) is 0 Å². The van der Waals surface area contributed by atoms with E-state index in [-0.39, 0.29) is 30.7 Å². The summed E-state index contributed by atoms with van der Waals surface area (Å²) in [5.41, 5.74) is 0. The van der Waals surface area contributed by atoms with Crippen LogP contribution in [-0.2, 0) is 14.4 Å². The highest BCUT2D eigenvalue weighted by molar-refractivity contribution is 6.02. The molecule has 0 bridgehead atoms. The number of piperidine rings is 1. The third-order valence-corrected chi connectivity index (χ3v) is 5.60. The second-order valence-corrected chi connectivity index (χ2v) is 7.16. The molecule has 0 aromatic carbocycles. The van der Waals surface area contributed by atoms with Crippen LogP contribution in [0.25, 0.3) is 0 Å². The minimum atomic E-state index is -0.124. The lowest BCUT2D eigenvalue weighted by Gasteiger charge is -2.46. The minimum Gasteiger partial charge on any atom is -0.339 e. The Kier molecular flexibility index (Phi) is 4.50. The van der Waals surface area contributed by atoms with Gasteiger partial charge in [-0.2, -0.15) is 0 Å². The third kappa shape index (κ3) is 3.03. The van der Waals surface area contributed by atoms with E-state index in [0.29, 0.717) is 24.8 Å². The van der Waals surface area contributed by atoms with Gasteiger partial charge in [0.15, 0.2) is 0 Å². The molecule has 3 rings (SSSR count). The van der Waals surface area contributed by atoms with E-state index in [0.717, 1.165) is 25.3 Å². The van der Waals surface area contributed by atoms with Crippen molar-refractivity contribution in [3.05, 3.63) is 0 Å². The zero-order valence-corrected chi connectivity index (χ0v) is 13.4. The number of fused-ring (bicyclic) bond motifs is 1. The molecule has 1 aliphatic carbocycles. The van der Waals surface area contributed by atoms with Crippen LogP contribution in [-0.4, -0.2) is 46.7 Å². The molecule has 0 N–H and O–H groups in total. The first-order chi connectivity index (χ1) is 10.6. The minimum absolute atomic E-state index is 0.122. The van der Waals surface area contributed by atoms with Crippen LogP contribution in [0, 0.1) is 11.8 Å². The highest BCUT2D eigenvalue weighted by Crippen LogP contribution is 2.38. The van der Waals surface area contributed by atoms with Gasteiger partial charge in [-0.05, 0) is 43.9 Å². The Labute approximate surface area is 132 Å². The molecule has 3 amide bonds. The highest BCUT2D eigenvalue weighted by atomic mass is 16.2. The van der Waals surface area contributed by atoms with Gasteiger partial charge in [0.2, 0.25) is 17.7 Å². The maximum absolute atomic E-state index is 12.6. The fraction of sp³-hybridized carbons (Fsp3) is 0.824. The maximum atomic E-state index is 12.6. The summed E-state index contributed by atoms with van der Waals surface area (Å²) >= 11 is 0. The highest BCUT2D eigenvalue weighted by Gasteiger charge is 2.38. The first-order valence-electron chi connectivity index (χ1n) is 8.69. The van der Waals surface area contributed by atoms with Crippen molar-refractivity contribution in [2.45, 2.75) is 64.3 Å². The molecule has 0 aromatic rings. The van der Waals surface area contributed by atoms with Crippen molar-refractivity contribution in [1.82, 2.24) is 9.80 Å². The van der Waals surface area contributed by atoms with Crippen molar-refractivity contribution in [2.24, 2.45) is 11.8 Å². The lowest BCUT2D eigenvalue weighted by Crippen LogP contribution is -2.51. The smallest absolute Gasteiger partial charge is 0.229 e. The predicted molar refractivity (Wildman–Crippen MR) is 81.8 cm³/mol. The number of rotatable bonds is 3. The number of nitrogens with zero attached hydrogens (tertiary/aromatic N) is 2. The second-order valence-electron chi connectivity index (χ2n) is 7.16. The van der Waals surface area contributed by atoms with Gasteiger partial charge in [0.25, 0.3) is 0 Å². The van der Waals surface area contributed by atoms with Crippen molar-refractivity contribution in [3.63, 3.8) is 0 Å². The molecule has 2 aliphatic heterocycles. The summed E-state index contributed by atoms with van der Waals surface area (Å²) in [6.45, 7) is 3.42. The molecule has 3 aliphatic rings. The third-order valence-electron chi connectivity index (χ3n) is 5.60. The Balaban J connectivity index is 1.57. The van der Waals surface area contributed by atoms with E-state index in [1.807, 2.05) is 4.90 Å². The first-order valence-corrected chi connectivity index (χ1v) is 8.69. The van der Waals surface area contributed by atoms with Gasteiger partial charge >= 0.3 is 0 Å². The molecule has 0 spiro atoms. The molecule has 3 fully saturated rings. The van der Waals surface area contributed by atoms with Crippen molar-refractivity contribution in [3.8, 4) is 0 Å². The summed E-state index contributed by atoms with van der Waals surface area (Å²) in [6.07, 6.45) is 6.77. The van der Waals surface area contributed by atoms with Crippen molar-refractivity contribution >= 4 is 17.7 Å². The van der Waals surface area contributed by atoms with Gasteiger partial charge in [-0.15, -0.1) is 0 Å². The van der Waals surface area contributed by atoms with Gasteiger partial charge < -0.3 is 4.90 Å². The van der Waals surface area contributed by atoms with Crippen LogP contribution in [0.5, 0.6) is 0 Å². The van der Waals surface area contributed by atoms with E-state index in [4.69, 9.17) is 0 Å². The van der Waals surface area contributed by atoms with E-state index in [1.165, 1.54) is 24.2 Å². The Morgan fingerprint density at radius 1 is 1.14 bits per heavy atom. The largest absolute Gasteiger partial charge is 0.339 e. The molecule has 5 nitrogen and oxygen atoms in total. The second kappa shape index (κ2) is 6.39. The Morgan fingerprint density at radius 2 is 1.86 bits per heavy atom. The molecule has 0 radical (unpaired) electrons. The molecule has 1 saturated carbocycles. The summed E-state index contributed by atoms with van der Waals surface area (Å²) in [7, 11) is 0. The average molecular weight is 306 g/mol. The molecule has 0 aromatic heterocycles. The first kappa shape index (κ1) is 15.5. The number of hydrogen-bond acceptors (Lipinski definition) is 3. The van der Waals surface area contributed by atoms with Gasteiger partial charge in [-0.25, -0.2) is 0 Å². The number of hydrogen-bond donors (Lipinski definition) is 0. The van der Waals surface area contributed by atoms with E-state index < -0.39 is 0 Å². The van der Waals surface area contributed by atoms with Crippen LogP contribution < -0.4 is 0 Å². The molecule has 2 saturated heterocycles. The van der Waals surface area contributed by atoms with Crippen LogP contribution in [0.1, 0.15) is 58.3 Å². The van der Waals surface area contributed by atoms with E-state index in [2.05, 4.69) is 6.92 Å². The lowest BCUT2D eigenvalue weighted by molar-refractivity contribution is -0.141. The standard InChI is InChI=1S/C17H26N2O3/c1-12-4-5-14-13(11-12)3-2-9-18(14)17(22)8-10-19-15(20)6-7-16(19)21/h12-14H,2-11H2,1H3.